The lowest BCUT2D eigenvalue weighted by molar-refractivity contribution is 0.205. The molecule has 0 aliphatic heterocycles. The third-order valence-corrected chi connectivity index (χ3v) is 3.67. The molecule has 1 rings (SSSR count). The van der Waals surface area contributed by atoms with Crippen LogP contribution >= 0.6 is 0 Å². The van der Waals surface area contributed by atoms with Gasteiger partial charge in [0.25, 0.3) is 0 Å². The molecule has 4 nitrogen and oxygen atoms in total. The maximum atomic E-state index is 12.5. The quantitative estimate of drug-likeness (QED) is 0.713. The van der Waals surface area contributed by atoms with Gasteiger partial charge in [0, 0.05) is 6.54 Å². The second-order valence-electron chi connectivity index (χ2n) is 3.12. The Bertz CT molecular complexity index is 415. The number of rotatable bonds is 4. The first kappa shape index (κ1) is 12.1. The Balaban J connectivity index is 2.91. The summed E-state index contributed by atoms with van der Waals surface area (Å²) in [6, 6.07) is 4.44. The van der Waals surface area contributed by atoms with Gasteiger partial charge in [0.2, 0.25) is 0 Å². The van der Waals surface area contributed by atoms with Crippen molar-refractivity contribution < 1.29 is 17.9 Å². The minimum Gasteiger partial charge on any atom is -0.391 e. The average Bonchev–Trinajstić information content (AvgIpc) is 2.17. The van der Waals surface area contributed by atoms with Gasteiger partial charge in [-0.2, -0.15) is 0 Å². The first-order valence-electron chi connectivity index (χ1n) is 4.32. The second-order valence-corrected chi connectivity index (χ2v) is 5.16. The third-order valence-electron chi connectivity index (χ3n) is 1.86. The zero-order valence-electron chi connectivity index (χ0n) is 7.93. The van der Waals surface area contributed by atoms with Gasteiger partial charge in [-0.3, -0.25) is 0 Å². The summed E-state index contributed by atoms with van der Waals surface area (Å²) < 4.78 is 35.7. The van der Waals surface area contributed by atoms with E-state index in [1.165, 1.54) is 0 Å². The van der Waals surface area contributed by atoms with Crippen LogP contribution < -0.4 is 5.73 Å². The first-order valence-corrected chi connectivity index (χ1v) is 5.97. The topological polar surface area (TPSA) is 80.4 Å². The van der Waals surface area contributed by atoms with Gasteiger partial charge in [0.1, 0.15) is 5.82 Å². The maximum Gasteiger partial charge on any atom is 0.180 e. The molecule has 0 radical (unpaired) electrons. The SMILES string of the molecule is NCC(O)CS(=O)(=O)c1ccc(F)cc1. The number of benzene rings is 1. The Morgan fingerprint density at radius 1 is 1.33 bits per heavy atom. The predicted octanol–water partition coefficient (Wildman–Crippen LogP) is -0.0810. The number of halogens is 1. The summed E-state index contributed by atoms with van der Waals surface area (Å²) in [5.74, 6) is -0.955. The summed E-state index contributed by atoms with van der Waals surface area (Å²) in [7, 11) is -3.59. The van der Waals surface area contributed by atoms with Crippen molar-refractivity contribution in [3.8, 4) is 0 Å². The van der Waals surface area contributed by atoms with Gasteiger partial charge >= 0.3 is 0 Å². The van der Waals surface area contributed by atoms with Crippen LogP contribution in [0.25, 0.3) is 0 Å². The summed E-state index contributed by atoms with van der Waals surface area (Å²) >= 11 is 0. The van der Waals surface area contributed by atoms with Gasteiger partial charge in [0.15, 0.2) is 9.84 Å². The van der Waals surface area contributed by atoms with Gasteiger partial charge in [-0.05, 0) is 24.3 Å². The summed E-state index contributed by atoms with van der Waals surface area (Å²) in [6.45, 7) is -0.125. The molecule has 15 heavy (non-hydrogen) atoms. The smallest absolute Gasteiger partial charge is 0.180 e. The Hall–Kier alpha value is -0.980. The summed E-state index contributed by atoms with van der Waals surface area (Å²) in [6.07, 6.45) is -1.10. The lowest BCUT2D eigenvalue weighted by Crippen LogP contribution is -2.28. The van der Waals surface area contributed by atoms with Gasteiger partial charge in [0.05, 0.1) is 16.8 Å². The molecular formula is C9H12FNO3S. The van der Waals surface area contributed by atoms with Gasteiger partial charge in [-0.15, -0.1) is 0 Å². The van der Waals surface area contributed by atoms with Crippen LogP contribution in [0, 0.1) is 5.82 Å². The summed E-state index contributed by atoms with van der Waals surface area (Å²) in [5.41, 5.74) is 5.11. The molecule has 0 heterocycles. The molecule has 1 atom stereocenters. The van der Waals surface area contributed by atoms with Gasteiger partial charge in [-0.25, -0.2) is 12.8 Å². The van der Waals surface area contributed by atoms with Crippen molar-refractivity contribution in [3.63, 3.8) is 0 Å². The van der Waals surface area contributed by atoms with Crippen LogP contribution in [0.3, 0.4) is 0 Å². The zero-order valence-corrected chi connectivity index (χ0v) is 8.74. The normalized spacial score (nSPS) is 13.8. The molecule has 0 amide bonds. The molecular weight excluding hydrogens is 221 g/mol. The Kier molecular flexibility index (Phi) is 3.78. The van der Waals surface area contributed by atoms with Crippen molar-refractivity contribution in [1.29, 1.82) is 0 Å². The van der Waals surface area contributed by atoms with Crippen LogP contribution in [0.5, 0.6) is 0 Å². The standard InChI is InChI=1S/C9H12FNO3S/c10-7-1-3-9(4-2-7)15(13,14)6-8(12)5-11/h1-4,8,12H,5-6,11H2. The fraction of sp³-hybridized carbons (Fsp3) is 0.333. The summed E-state index contributed by atoms with van der Waals surface area (Å²) in [4.78, 5) is -0.0172. The van der Waals surface area contributed by atoms with Gasteiger partial charge < -0.3 is 10.8 Å². The predicted molar refractivity (Wildman–Crippen MR) is 53.5 cm³/mol. The molecule has 0 aromatic heterocycles. The highest BCUT2D eigenvalue weighted by molar-refractivity contribution is 7.91. The highest BCUT2D eigenvalue weighted by Gasteiger charge is 2.18. The number of aliphatic hydroxyl groups excluding tert-OH is 1. The number of hydrogen-bond donors (Lipinski definition) is 2. The molecule has 0 saturated carbocycles. The highest BCUT2D eigenvalue weighted by Crippen LogP contribution is 2.12. The lowest BCUT2D eigenvalue weighted by atomic mass is 10.3. The average molecular weight is 233 g/mol. The Labute approximate surface area is 87.5 Å². The second kappa shape index (κ2) is 4.69. The Morgan fingerprint density at radius 3 is 2.33 bits per heavy atom. The monoisotopic (exact) mass is 233 g/mol. The van der Waals surface area contributed by atoms with Crippen molar-refractivity contribution >= 4 is 9.84 Å². The van der Waals surface area contributed by atoms with E-state index in [-0.39, 0.29) is 11.4 Å². The molecule has 1 unspecified atom stereocenters. The van der Waals surface area contributed by atoms with E-state index in [2.05, 4.69) is 0 Å². The van der Waals surface area contributed by atoms with Crippen LogP contribution in [0.1, 0.15) is 0 Å². The van der Waals surface area contributed by atoms with E-state index in [1.807, 2.05) is 0 Å². The maximum absolute atomic E-state index is 12.5. The van der Waals surface area contributed by atoms with Crippen LogP contribution in [-0.4, -0.2) is 31.9 Å². The molecule has 0 aliphatic carbocycles. The van der Waals surface area contributed by atoms with Crippen molar-refractivity contribution in [3.05, 3.63) is 30.1 Å². The van der Waals surface area contributed by atoms with Crippen molar-refractivity contribution in [2.75, 3.05) is 12.3 Å². The number of sulfone groups is 1. The lowest BCUT2D eigenvalue weighted by Gasteiger charge is -2.08. The number of nitrogens with two attached hydrogens (primary N) is 1. The van der Waals surface area contributed by atoms with Crippen molar-refractivity contribution in [1.82, 2.24) is 0 Å². The molecule has 6 heteroatoms. The summed E-state index contributed by atoms with van der Waals surface area (Å²) in [5, 5.41) is 9.13. The molecule has 0 bridgehead atoms. The molecule has 84 valence electrons. The van der Waals surface area contributed by atoms with E-state index < -0.39 is 27.5 Å². The van der Waals surface area contributed by atoms with E-state index in [1.54, 1.807) is 0 Å². The zero-order chi connectivity index (χ0) is 11.5. The van der Waals surface area contributed by atoms with Crippen molar-refractivity contribution in [2.45, 2.75) is 11.0 Å². The molecule has 1 aromatic rings. The van der Waals surface area contributed by atoms with Crippen LogP contribution in [-0.2, 0) is 9.84 Å². The van der Waals surface area contributed by atoms with E-state index in [9.17, 15) is 12.8 Å². The fourth-order valence-electron chi connectivity index (χ4n) is 1.06. The number of hydrogen-bond acceptors (Lipinski definition) is 4. The van der Waals surface area contributed by atoms with Crippen LogP contribution in [0.4, 0.5) is 4.39 Å². The molecule has 0 spiro atoms. The molecule has 1 aromatic carbocycles. The molecule has 3 N–H and O–H groups in total. The van der Waals surface area contributed by atoms with E-state index in [0.717, 1.165) is 24.3 Å². The Morgan fingerprint density at radius 2 is 1.87 bits per heavy atom. The fourth-order valence-corrected chi connectivity index (χ4v) is 2.45. The molecule has 0 fully saturated rings. The minimum atomic E-state index is -3.59. The minimum absolute atomic E-state index is 0.0172. The van der Waals surface area contributed by atoms with Crippen LogP contribution in [0.15, 0.2) is 29.2 Å². The van der Waals surface area contributed by atoms with Crippen LogP contribution in [0.2, 0.25) is 0 Å². The van der Waals surface area contributed by atoms with Gasteiger partial charge in [-0.1, -0.05) is 0 Å². The van der Waals surface area contributed by atoms with E-state index in [4.69, 9.17) is 10.8 Å². The highest BCUT2D eigenvalue weighted by atomic mass is 32.2. The molecule has 0 aliphatic rings. The largest absolute Gasteiger partial charge is 0.391 e. The third kappa shape index (κ3) is 3.26. The van der Waals surface area contributed by atoms with E-state index >= 15 is 0 Å². The van der Waals surface area contributed by atoms with Crippen molar-refractivity contribution in [2.24, 2.45) is 5.73 Å². The first-order chi connectivity index (χ1) is 6.95. The number of aliphatic hydroxyl groups is 1. The molecule has 0 saturated heterocycles. The van der Waals surface area contributed by atoms with E-state index in [0.29, 0.717) is 0 Å².